The van der Waals surface area contributed by atoms with Gasteiger partial charge in [-0.15, -0.1) is 0 Å². The number of carbonyl (C=O) groups excluding carboxylic acids is 2. The molecule has 0 heterocycles. The lowest BCUT2D eigenvalue weighted by Crippen LogP contribution is -2.10. The summed E-state index contributed by atoms with van der Waals surface area (Å²) in [7, 11) is 2.72. The van der Waals surface area contributed by atoms with E-state index in [-0.39, 0.29) is 11.9 Å². The van der Waals surface area contributed by atoms with Crippen LogP contribution in [0.1, 0.15) is 31.8 Å². The van der Waals surface area contributed by atoms with Gasteiger partial charge in [-0.25, -0.2) is 9.59 Å². The van der Waals surface area contributed by atoms with Crippen LogP contribution in [-0.2, 0) is 9.47 Å². The van der Waals surface area contributed by atoms with Crippen LogP contribution in [0.2, 0.25) is 0 Å². The minimum atomic E-state index is -0.387. The zero-order chi connectivity index (χ0) is 25.3. The molecule has 0 bridgehead atoms. The highest BCUT2D eigenvalue weighted by molar-refractivity contribution is 6.00. The summed E-state index contributed by atoms with van der Waals surface area (Å²) in [5, 5.41) is 7.06. The van der Waals surface area contributed by atoms with Gasteiger partial charge in [0.15, 0.2) is 0 Å². The lowest BCUT2D eigenvalue weighted by molar-refractivity contribution is 0.0592. The molecule has 0 aromatic heterocycles. The zero-order valence-corrected chi connectivity index (χ0v) is 20.0. The van der Waals surface area contributed by atoms with E-state index >= 15 is 0 Å². The summed E-state index contributed by atoms with van der Waals surface area (Å²) in [5.74, 6) is -0.773. The Labute approximate surface area is 210 Å². The molecule has 6 nitrogen and oxygen atoms in total. The highest BCUT2D eigenvalue weighted by atomic mass is 16.5. The highest BCUT2D eigenvalue weighted by Crippen LogP contribution is 2.30. The molecule has 0 fully saturated rings. The molecule has 0 unspecified atom stereocenters. The van der Waals surface area contributed by atoms with Crippen LogP contribution in [0.25, 0.3) is 11.4 Å². The molecule has 2 N–H and O–H groups in total. The monoisotopic (exact) mass is 478 g/mol. The zero-order valence-electron chi connectivity index (χ0n) is 20.0. The normalized spacial score (nSPS) is 11.2. The molecule has 180 valence electrons. The highest BCUT2D eigenvalue weighted by Gasteiger charge is 2.14. The second-order valence-electron chi connectivity index (χ2n) is 7.87. The number of rotatable bonds is 8. The molecule has 0 aliphatic heterocycles. The van der Waals surface area contributed by atoms with Crippen LogP contribution in [0.3, 0.4) is 0 Å². The largest absolute Gasteiger partial charge is 0.465 e. The fourth-order valence-electron chi connectivity index (χ4n) is 3.67. The lowest BCUT2D eigenvalue weighted by Gasteiger charge is -2.20. The van der Waals surface area contributed by atoms with Crippen LogP contribution >= 0.6 is 0 Å². The Balaban J connectivity index is 1.80. The lowest BCUT2D eigenvalue weighted by atomic mass is 10.0. The average Bonchev–Trinajstić information content (AvgIpc) is 2.95. The van der Waals surface area contributed by atoms with E-state index in [4.69, 9.17) is 9.47 Å². The van der Waals surface area contributed by atoms with Crippen LogP contribution in [-0.4, -0.2) is 26.2 Å². The van der Waals surface area contributed by atoms with E-state index in [1.54, 1.807) is 24.3 Å². The van der Waals surface area contributed by atoms with Crippen LogP contribution in [0.4, 0.5) is 11.4 Å². The van der Waals surface area contributed by atoms with Gasteiger partial charge in [0.05, 0.1) is 36.7 Å². The van der Waals surface area contributed by atoms with Gasteiger partial charge in [-0.1, -0.05) is 60.7 Å². The van der Waals surface area contributed by atoms with Crippen molar-refractivity contribution >= 4 is 34.7 Å². The number of anilines is 2. The smallest absolute Gasteiger partial charge is 0.337 e. The number of ether oxygens (including phenoxy) is 2. The van der Waals surface area contributed by atoms with Crippen molar-refractivity contribution in [1.29, 1.82) is 0 Å². The van der Waals surface area contributed by atoms with E-state index in [0.29, 0.717) is 11.1 Å². The number of esters is 2. The number of methoxy groups -OCH3 is 2. The van der Waals surface area contributed by atoms with Crippen LogP contribution in [0.15, 0.2) is 109 Å². The van der Waals surface area contributed by atoms with Gasteiger partial charge in [-0.05, 0) is 48.5 Å². The van der Waals surface area contributed by atoms with E-state index < -0.39 is 0 Å². The molecule has 0 spiro atoms. The fourth-order valence-corrected chi connectivity index (χ4v) is 3.67. The van der Waals surface area contributed by atoms with Crippen molar-refractivity contribution in [2.45, 2.75) is 0 Å². The first-order chi connectivity index (χ1) is 17.6. The third-order valence-electron chi connectivity index (χ3n) is 5.53. The number of hydrogen-bond acceptors (Lipinski definition) is 6. The number of benzene rings is 4. The minimum absolute atomic E-state index is 0.387. The summed E-state index contributed by atoms with van der Waals surface area (Å²) < 4.78 is 9.62. The van der Waals surface area contributed by atoms with Gasteiger partial charge in [0.2, 0.25) is 0 Å². The first kappa shape index (κ1) is 24.3. The molecule has 0 atom stereocenters. The summed E-state index contributed by atoms with van der Waals surface area (Å²) in [5.41, 5.74) is 6.16. The van der Waals surface area contributed by atoms with E-state index in [1.165, 1.54) is 14.2 Å². The fraction of sp³-hybridized carbons (Fsp3) is 0.0667. The number of carbonyl (C=O) groups is 2. The van der Waals surface area contributed by atoms with E-state index in [0.717, 1.165) is 33.9 Å². The molecule has 4 aromatic rings. The van der Waals surface area contributed by atoms with E-state index in [1.807, 2.05) is 84.9 Å². The summed E-state index contributed by atoms with van der Waals surface area (Å²) in [6, 6.07) is 34.2. The molecule has 0 aliphatic carbocycles. The second-order valence-corrected chi connectivity index (χ2v) is 7.87. The molecule has 0 saturated carbocycles. The summed E-state index contributed by atoms with van der Waals surface area (Å²) in [6.07, 6.45) is 0. The van der Waals surface area contributed by atoms with Gasteiger partial charge >= 0.3 is 11.9 Å². The molecule has 0 saturated heterocycles. The molecule has 0 radical (unpaired) electrons. The van der Waals surface area contributed by atoms with Crippen LogP contribution < -0.4 is 10.6 Å². The van der Waals surface area contributed by atoms with E-state index in [9.17, 15) is 9.59 Å². The Morgan fingerprint density at radius 2 is 0.806 bits per heavy atom. The van der Waals surface area contributed by atoms with Crippen molar-refractivity contribution in [2.24, 2.45) is 0 Å². The van der Waals surface area contributed by atoms with E-state index in [2.05, 4.69) is 10.6 Å². The first-order valence-electron chi connectivity index (χ1n) is 11.3. The molecular formula is C30H26N2O4. The Hall–Kier alpha value is -4.84. The Morgan fingerprint density at radius 1 is 0.472 bits per heavy atom. The van der Waals surface area contributed by atoms with Crippen molar-refractivity contribution in [3.63, 3.8) is 0 Å². The van der Waals surface area contributed by atoms with Crippen molar-refractivity contribution in [3.05, 3.63) is 131 Å². The number of nitrogens with one attached hydrogen (secondary N) is 2. The predicted molar refractivity (Wildman–Crippen MR) is 143 cm³/mol. The Kier molecular flexibility index (Phi) is 7.78. The van der Waals surface area contributed by atoms with Crippen LogP contribution in [0.5, 0.6) is 0 Å². The maximum absolute atomic E-state index is 11.9. The Morgan fingerprint density at radius 3 is 1.11 bits per heavy atom. The molecule has 4 rings (SSSR count). The van der Waals surface area contributed by atoms with Crippen molar-refractivity contribution < 1.29 is 19.1 Å². The standard InChI is InChI=1S/C30H26N2O4/c1-35-29(33)23-13-17-25(18-14-23)31-27(21-9-5-3-6-10-21)28(22-11-7-4-8-12-22)32-26-19-15-24(16-20-26)30(34)36-2/h3-20,31-32H,1-2H3/b28-27+. The maximum atomic E-state index is 11.9. The average molecular weight is 479 g/mol. The van der Waals surface area contributed by atoms with Crippen LogP contribution in [0, 0.1) is 0 Å². The second kappa shape index (κ2) is 11.5. The van der Waals surface area contributed by atoms with Crippen molar-refractivity contribution in [3.8, 4) is 0 Å². The summed E-state index contributed by atoms with van der Waals surface area (Å²) >= 11 is 0. The maximum Gasteiger partial charge on any atom is 0.337 e. The van der Waals surface area contributed by atoms with Gasteiger partial charge in [0.25, 0.3) is 0 Å². The molecule has 6 heteroatoms. The molecular weight excluding hydrogens is 452 g/mol. The van der Waals surface area contributed by atoms with Gasteiger partial charge < -0.3 is 20.1 Å². The van der Waals surface area contributed by atoms with Crippen molar-refractivity contribution in [1.82, 2.24) is 0 Å². The van der Waals surface area contributed by atoms with Crippen molar-refractivity contribution in [2.75, 3.05) is 24.9 Å². The summed E-state index contributed by atoms with van der Waals surface area (Å²) in [4.78, 5) is 23.7. The third-order valence-corrected chi connectivity index (χ3v) is 5.53. The molecule has 0 amide bonds. The Bertz CT molecular complexity index is 1240. The van der Waals surface area contributed by atoms with Gasteiger partial charge in [-0.2, -0.15) is 0 Å². The SMILES string of the molecule is COC(=O)c1ccc(N/C(=C(/Nc2ccc(C(=O)OC)cc2)c2ccccc2)c2ccccc2)cc1. The topological polar surface area (TPSA) is 76.7 Å². The number of hydrogen-bond donors (Lipinski definition) is 2. The van der Waals surface area contributed by atoms with Gasteiger partial charge in [0.1, 0.15) is 0 Å². The quantitative estimate of drug-likeness (QED) is 0.228. The van der Waals surface area contributed by atoms with Gasteiger partial charge in [0, 0.05) is 22.5 Å². The molecule has 4 aromatic carbocycles. The predicted octanol–water partition coefficient (Wildman–Crippen LogP) is 6.31. The summed E-state index contributed by atoms with van der Waals surface area (Å²) in [6.45, 7) is 0. The third kappa shape index (κ3) is 5.80. The molecule has 36 heavy (non-hydrogen) atoms. The minimum Gasteiger partial charge on any atom is -0.465 e. The molecule has 0 aliphatic rings. The first-order valence-corrected chi connectivity index (χ1v) is 11.3. The van der Waals surface area contributed by atoms with Gasteiger partial charge in [-0.3, -0.25) is 0 Å².